The molecule has 1 aromatic rings. The van der Waals surface area contributed by atoms with Gasteiger partial charge >= 0.3 is 0 Å². The Balaban J connectivity index is 1.95. The van der Waals surface area contributed by atoms with Gasteiger partial charge in [0.25, 0.3) is 5.91 Å². The second-order valence-corrected chi connectivity index (χ2v) is 6.16. The van der Waals surface area contributed by atoms with Crippen molar-refractivity contribution in [1.82, 2.24) is 10.2 Å². The minimum Gasteiger partial charge on any atom is -0.341 e. The van der Waals surface area contributed by atoms with Crippen LogP contribution in [0.1, 0.15) is 48.5 Å². The molecule has 1 heterocycles. The molecule has 0 radical (unpaired) electrons. The van der Waals surface area contributed by atoms with Crippen LogP contribution in [0.4, 0.5) is 0 Å². The summed E-state index contributed by atoms with van der Waals surface area (Å²) in [5, 5.41) is 3.36. The zero-order valence-electron chi connectivity index (χ0n) is 12.9. The Morgan fingerprint density at radius 3 is 2.40 bits per heavy atom. The first kappa shape index (κ1) is 15.0. The van der Waals surface area contributed by atoms with E-state index in [1.165, 1.54) is 18.4 Å². The fraction of sp³-hybridized carbons (Fsp3) is 0.588. The lowest BCUT2D eigenvalue weighted by molar-refractivity contribution is 0.0763. The maximum absolute atomic E-state index is 12.4. The molecule has 1 fully saturated rings. The molecule has 1 aliphatic rings. The second-order valence-electron chi connectivity index (χ2n) is 6.16. The Bertz CT molecular complexity index is 433. The summed E-state index contributed by atoms with van der Waals surface area (Å²) in [6.07, 6.45) is 2.34. The monoisotopic (exact) mass is 274 g/mol. The van der Waals surface area contributed by atoms with Gasteiger partial charge in [0.1, 0.15) is 0 Å². The molecule has 2 rings (SSSR count). The van der Waals surface area contributed by atoms with Crippen molar-refractivity contribution < 1.29 is 4.79 Å². The highest BCUT2D eigenvalue weighted by Gasteiger charge is 2.19. The summed E-state index contributed by atoms with van der Waals surface area (Å²) in [5.74, 6) is 1.28. The van der Waals surface area contributed by atoms with Crippen LogP contribution in [-0.4, -0.2) is 37.5 Å². The highest BCUT2D eigenvalue weighted by molar-refractivity contribution is 5.94. The van der Waals surface area contributed by atoms with Crippen LogP contribution >= 0.6 is 0 Å². The van der Waals surface area contributed by atoms with Gasteiger partial charge in [-0.15, -0.1) is 0 Å². The third-order valence-electron chi connectivity index (χ3n) is 4.16. The van der Waals surface area contributed by atoms with Crippen LogP contribution in [-0.2, 0) is 0 Å². The van der Waals surface area contributed by atoms with Gasteiger partial charge < -0.3 is 10.2 Å². The maximum atomic E-state index is 12.4. The molecule has 20 heavy (non-hydrogen) atoms. The summed E-state index contributed by atoms with van der Waals surface area (Å²) in [6.45, 7) is 7.36. The van der Waals surface area contributed by atoms with Crippen LogP contribution in [0.5, 0.6) is 0 Å². The zero-order valence-corrected chi connectivity index (χ0v) is 12.9. The quantitative estimate of drug-likeness (QED) is 0.915. The summed E-state index contributed by atoms with van der Waals surface area (Å²) < 4.78 is 0. The van der Waals surface area contributed by atoms with Gasteiger partial charge in [0.15, 0.2) is 0 Å². The largest absolute Gasteiger partial charge is 0.341 e. The summed E-state index contributed by atoms with van der Waals surface area (Å²) in [7, 11) is 1.92. The molecular formula is C17H26N2O. The molecule has 0 unspecified atom stereocenters. The second kappa shape index (κ2) is 6.89. The molecule has 0 saturated carbocycles. The van der Waals surface area contributed by atoms with E-state index in [0.717, 1.165) is 25.2 Å². The third-order valence-corrected chi connectivity index (χ3v) is 4.16. The van der Waals surface area contributed by atoms with E-state index >= 15 is 0 Å². The molecule has 110 valence electrons. The minimum atomic E-state index is 0.138. The summed E-state index contributed by atoms with van der Waals surface area (Å²) in [5.41, 5.74) is 2.08. The molecule has 0 atom stereocenters. The van der Waals surface area contributed by atoms with Gasteiger partial charge in [-0.1, -0.05) is 26.0 Å². The maximum Gasteiger partial charge on any atom is 0.253 e. The molecule has 0 bridgehead atoms. The number of piperidine rings is 1. The molecule has 1 aliphatic heterocycles. The predicted octanol–water partition coefficient (Wildman–Crippen LogP) is 2.88. The molecule has 1 aromatic carbocycles. The summed E-state index contributed by atoms with van der Waals surface area (Å²) >= 11 is 0. The standard InChI is InChI=1S/C17H26N2O/c1-13(2)15-4-6-16(7-5-15)17(20)19(3)12-14-8-10-18-11-9-14/h4-7,13-14,18H,8-12H2,1-3H3. The predicted molar refractivity (Wildman–Crippen MR) is 83.1 cm³/mol. The number of hydrogen-bond donors (Lipinski definition) is 1. The molecule has 0 spiro atoms. The van der Waals surface area contributed by atoms with Crippen molar-refractivity contribution in [2.75, 3.05) is 26.7 Å². The van der Waals surface area contributed by atoms with Crippen molar-refractivity contribution in [2.45, 2.75) is 32.6 Å². The van der Waals surface area contributed by atoms with Crippen molar-refractivity contribution >= 4 is 5.91 Å². The van der Waals surface area contributed by atoms with Crippen LogP contribution in [0.2, 0.25) is 0 Å². The van der Waals surface area contributed by atoms with Crippen molar-refractivity contribution in [2.24, 2.45) is 5.92 Å². The van der Waals surface area contributed by atoms with Crippen LogP contribution < -0.4 is 5.32 Å². The molecular weight excluding hydrogens is 248 g/mol. The number of hydrogen-bond acceptors (Lipinski definition) is 2. The van der Waals surface area contributed by atoms with Gasteiger partial charge in [-0.2, -0.15) is 0 Å². The average Bonchev–Trinajstić information content (AvgIpc) is 2.47. The Hall–Kier alpha value is -1.35. The van der Waals surface area contributed by atoms with E-state index in [-0.39, 0.29) is 5.91 Å². The SMILES string of the molecule is CC(C)c1ccc(C(=O)N(C)CC2CCNCC2)cc1. The van der Waals surface area contributed by atoms with E-state index in [1.54, 1.807) is 0 Å². The normalized spacial score (nSPS) is 16.4. The molecule has 1 saturated heterocycles. The highest BCUT2D eigenvalue weighted by atomic mass is 16.2. The highest BCUT2D eigenvalue weighted by Crippen LogP contribution is 2.17. The van der Waals surface area contributed by atoms with E-state index < -0.39 is 0 Å². The van der Waals surface area contributed by atoms with Crippen LogP contribution in [0, 0.1) is 5.92 Å². The number of benzene rings is 1. The Kier molecular flexibility index (Phi) is 5.18. The van der Waals surface area contributed by atoms with E-state index in [0.29, 0.717) is 11.8 Å². The fourth-order valence-corrected chi connectivity index (χ4v) is 2.77. The van der Waals surface area contributed by atoms with Crippen LogP contribution in [0.3, 0.4) is 0 Å². The Morgan fingerprint density at radius 2 is 1.85 bits per heavy atom. The topological polar surface area (TPSA) is 32.3 Å². The Labute approximate surface area is 122 Å². The molecule has 0 aliphatic carbocycles. The molecule has 1 N–H and O–H groups in total. The zero-order chi connectivity index (χ0) is 14.5. The van der Waals surface area contributed by atoms with Crippen LogP contribution in [0.25, 0.3) is 0 Å². The van der Waals surface area contributed by atoms with Gasteiger partial charge in [-0.25, -0.2) is 0 Å². The number of nitrogens with one attached hydrogen (secondary N) is 1. The van der Waals surface area contributed by atoms with Crippen LogP contribution in [0.15, 0.2) is 24.3 Å². The first-order chi connectivity index (χ1) is 9.58. The lowest BCUT2D eigenvalue weighted by Crippen LogP contribution is -2.37. The third kappa shape index (κ3) is 3.83. The van der Waals surface area contributed by atoms with Crippen molar-refractivity contribution in [3.8, 4) is 0 Å². The van der Waals surface area contributed by atoms with Gasteiger partial charge in [0.2, 0.25) is 0 Å². The number of carbonyl (C=O) groups is 1. The van der Waals surface area contributed by atoms with Crippen molar-refractivity contribution in [3.05, 3.63) is 35.4 Å². The molecule has 3 heteroatoms. The number of amides is 1. The van der Waals surface area contributed by atoms with Gasteiger partial charge in [0, 0.05) is 19.2 Å². The number of nitrogens with zero attached hydrogens (tertiary/aromatic N) is 1. The van der Waals surface area contributed by atoms with E-state index in [4.69, 9.17) is 0 Å². The molecule has 3 nitrogen and oxygen atoms in total. The number of carbonyl (C=O) groups excluding carboxylic acids is 1. The smallest absolute Gasteiger partial charge is 0.253 e. The molecule has 0 aromatic heterocycles. The average molecular weight is 274 g/mol. The lowest BCUT2D eigenvalue weighted by atomic mass is 9.97. The summed E-state index contributed by atoms with van der Waals surface area (Å²) in [4.78, 5) is 14.3. The van der Waals surface area contributed by atoms with Gasteiger partial charge in [-0.3, -0.25) is 4.79 Å². The Morgan fingerprint density at radius 1 is 1.25 bits per heavy atom. The number of rotatable bonds is 4. The van der Waals surface area contributed by atoms with Gasteiger partial charge in [-0.05, 0) is 55.5 Å². The van der Waals surface area contributed by atoms with E-state index in [9.17, 15) is 4.79 Å². The fourth-order valence-electron chi connectivity index (χ4n) is 2.77. The van der Waals surface area contributed by atoms with Gasteiger partial charge in [0.05, 0.1) is 0 Å². The van der Waals surface area contributed by atoms with E-state index in [1.807, 2.05) is 24.1 Å². The van der Waals surface area contributed by atoms with Crippen molar-refractivity contribution in [3.63, 3.8) is 0 Å². The first-order valence-corrected chi connectivity index (χ1v) is 7.64. The van der Waals surface area contributed by atoms with E-state index in [2.05, 4.69) is 31.3 Å². The minimum absolute atomic E-state index is 0.138. The van der Waals surface area contributed by atoms with Crippen molar-refractivity contribution in [1.29, 1.82) is 0 Å². The summed E-state index contributed by atoms with van der Waals surface area (Å²) in [6, 6.07) is 8.04. The lowest BCUT2D eigenvalue weighted by Gasteiger charge is -2.27. The first-order valence-electron chi connectivity index (χ1n) is 7.64. The molecule has 1 amide bonds.